The SMILES string of the molecule is O=C(Nc1ccccc1C(F)(F)F)C1(c2ccccc2)CCOCC1. The first-order valence-corrected chi connectivity index (χ1v) is 8.04. The van der Waals surface area contributed by atoms with Gasteiger partial charge >= 0.3 is 6.18 Å². The topological polar surface area (TPSA) is 38.3 Å². The van der Waals surface area contributed by atoms with Crippen molar-refractivity contribution in [1.82, 2.24) is 0 Å². The number of hydrogen-bond acceptors (Lipinski definition) is 2. The van der Waals surface area contributed by atoms with E-state index in [-0.39, 0.29) is 5.69 Å². The second kappa shape index (κ2) is 6.88. The fourth-order valence-corrected chi connectivity index (χ4v) is 3.21. The van der Waals surface area contributed by atoms with Crippen molar-refractivity contribution in [2.75, 3.05) is 18.5 Å². The molecule has 132 valence electrons. The van der Waals surface area contributed by atoms with Gasteiger partial charge in [0.2, 0.25) is 5.91 Å². The summed E-state index contributed by atoms with van der Waals surface area (Å²) in [7, 11) is 0. The zero-order valence-electron chi connectivity index (χ0n) is 13.5. The zero-order chi connectivity index (χ0) is 17.9. The molecule has 3 nitrogen and oxygen atoms in total. The lowest BCUT2D eigenvalue weighted by atomic mass is 9.73. The van der Waals surface area contributed by atoms with Gasteiger partial charge < -0.3 is 10.1 Å². The summed E-state index contributed by atoms with van der Waals surface area (Å²) < 4.78 is 44.9. The Balaban J connectivity index is 1.96. The van der Waals surface area contributed by atoms with Crippen LogP contribution in [0.15, 0.2) is 54.6 Å². The van der Waals surface area contributed by atoms with Crippen molar-refractivity contribution in [1.29, 1.82) is 0 Å². The number of halogens is 3. The second-order valence-corrected chi connectivity index (χ2v) is 6.06. The van der Waals surface area contributed by atoms with Crippen molar-refractivity contribution in [3.8, 4) is 0 Å². The van der Waals surface area contributed by atoms with E-state index in [1.807, 2.05) is 30.3 Å². The van der Waals surface area contributed by atoms with Crippen LogP contribution in [-0.2, 0) is 21.1 Å². The van der Waals surface area contributed by atoms with Crippen LogP contribution in [0.2, 0.25) is 0 Å². The van der Waals surface area contributed by atoms with E-state index in [2.05, 4.69) is 5.32 Å². The standard InChI is InChI=1S/C19H18F3NO2/c20-19(21,22)15-8-4-5-9-16(15)23-17(24)18(10-12-25-13-11-18)14-6-2-1-3-7-14/h1-9H,10-13H2,(H,23,24). The Morgan fingerprint density at radius 2 is 1.56 bits per heavy atom. The van der Waals surface area contributed by atoms with E-state index in [0.717, 1.165) is 11.6 Å². The molecule has 1 aliphatic heterocycles. The minimum absolute atomic E-state index is 0.221. The molecule has 2 aromatic carbocycles. The Morgan fingerprint density at radius 3 is 2.20 bits per heavy atom. The quantitative estimate of drug-likeness (QED) is 0.892. The normalized spacial score (nSPS) is 17.1. The maximum atomic E-state index is 13.2. The number of hydrogen-bond donors (Lipinski definition) is 1. The van der Waals surface area contributed by atoms with Gasteiger partial charge in [-0.05, 0) is 30.5 Å². The maximum absolute atomic E-state index is 13.2. The number of carbonyl (C=O) groups is 1. The van der Waals surface area contributed by atoms with Gasteiger partial charge in [0.25, 0.3) is 0 Å². The van der Waals surface area contributed by atoms with Gasteiger partial charge in [-0.25, -0.2) is 0 Å². The average Bonchev–Trinajstić information content (AvgIpc) is 2.62. The molecule has 0 aliphatic carbocycles. The molecule has 0 unspecified atom stereocenters. The van der Waals surface area contributed by atoms with Gasteiger partial charge in [0.15, 0.2) is 0 Å². The van der Waals surface area contributed by atoms with Crippen LogP contribution < -0.4 is 5.32 Å². The van der Waals surface area contributed by atoms with Gasteiger partial charge in [-0.1, -0.05) is 42.5 Å². The van der Waals surface area contributed by atoms with E-state index in [9.17, 15) is 18.0 Å². The molecular formula is C19H18F3NO2. The molecule has 2 aromatic rings. The highest BCUT2D eigenvalue weighted by Crippen LogP contribution is 2.38. The number of rotatable bonds is 3. The Morgan fingerprint density at radius 1 is 0.960 bits per heavy atom. The van der Waals surface area contributed by atoms with Crippen LogP contribution in [0.3, 0.4) is 0 Å². The minimum atomic E-state index is -4.53. The van der Waals surface area contributed by atoms with E-state index in [0.29, 0.717) is 26.1 Å². The molecule has 0 radical (unpaired) electrons. The fraction of sp³-hybridized carbons (Fsp3) is 0.316. The van der Waals surface area contributed by atoms with E-state index >= 15 is 0 Å². The van der Waals surface area contributed by atoms with Crippen molar-refractivity contribution < 1.29 is 22.7 Å². The van der Waals surface area contributed by atoms with Gasteiger partial charge in [-0.3, -0.25) is 4.79 Å². The summed E-state index contributed by atoms with van der Waals surface area (Å²) in [6.45, 7) is 0.784. The summed E-state index contributed by atoms with van der Waals surface area (Å²) in [5, 5.41) is 2.51. The molecule has 1 N–H and O–H groups in total. The number of amides is 1. The third-order valence-corrected chi connectivity index (χ3v) is 4.59. The zero-order valence-corrected chi connectivity index (χ0v) is 13.5. The van der Waals surface area contributed by atoms with E-state index < -0.39 is 23.1 Å². The van der Waals surface area contributed by atoms with Crippen LogP contribution in [0.4, 0.5) is 18.9 Å². The third-order valence-electron chi connectivity index (χ3n) is 4.59. The van der Waals surface area contributed by atoms with E-state index in [1.54, 1.807) is 0 Å². The van der Waals surface area contributed by atoms with Crippen LogP contribution in [0.1, 0.15) is 24.0 Å². The molecule has 0 bridgehead atoms. The van der Waals surface area contributed by atoms with Crippen LogP contribution in [0.5, 0.6) is 0 Å². The Labute approximate surface area is 143 Å². The van der Waals surface area contributed by atoms with Crippen LogP contribution in [0, 0.1) is 0 Å². The van der Waals surface area contributed by atoms with E-state index in [4.69, 9.17) is 4.74 Å². The molecule has 6 heteroatoms. The van der Waals surface area contributed by atoms with Crippen molar-refractivity contribution in [2.24, 2.45) is 0 Å². The summed E-state index contributed by atoms with van der Waals surface area (Å²) in [4.78, 5) is 13.0. The van der Waals surface area contributed by atoms with Crippen LogP contribution in [0.25, 0.3) is 0 Å². The maximum Gasteiger partial charge on any atom is 0.418 e. The molecule has 1 fully saturated rings. The van der Waals surface area contributed by atoms with Gasteiger partial charge in [0, 0.05) is 13.2 Å². The van der Waals surface area contributed by atoms with Gasteiger partial charge in [0.05, 0.1) is 16.7 Å². The van der Waals surface area contributed by atoms with Crippen molar-refractivity contribution in [3.05, 3.63) is 65.7 Å². The molecule has 1 heterocycles. The first kappa shape index (κ1) is 17.5. The molecule has 0 aromatic heterocycles. The number of para-hydroxylation sites is 1. The predicted molar refractivity (Wildman–Crippen MR) is 88.2 cm³/mol. The summed E-state index contributed by atoms with van der Waals surface area (Å²) >= 11 is 0. The Bertz CT molecular complexity index is 738. The number of anilines is 1. The molecule has 1 amide bonds. The number of alkyl halides is 3. The first-order chi connectivity index (χ1) is 11.9. The molecule has 3 rings (SSSR count). The number of benzene rings is 2. The summed E-state index contributed by atoms with van der Waals surface area (Å²) in [6.07, 6.45) is -3.67. The third kappa shape index (κ3) is 3.54. The highest BCUT2D eigenvalue weighted by molar-refractivity contribution is 5.99. The molecule has 25 heavy (non-hydrogen) atoms. The predicted octanol–water partition coefficient (Wildman–Crippen LogP) is 4.39. The molecule has 0 saturated carbocycles. The summed E-state index contributed by atoms with van der Waals surface area (Å²) in [6, 6.07) is 14.2. The van der Waals surface area contributed by atoms with E-state index in [1.165, 1.54) is 18.2 Å². The van der Waals surface area contributed by atoms with Gasteiger partial charge in [-0.2, -0.15) is 13.2 Å². The smallest absolute Gasteiger partial charge is 0.381 e. The highest BCUT2D eigenvalue weighted by Gasteiger charge is 2.42. The molecule has 1 aliphatic rings. The lowest BCUT2D eigenvalue weighted by Crippen LogP contribution is -2.45. The van der Waals surface area contributed by atoms with Crippen molar-refractivity contribution in [2.45, 2.75) is 24.4 Å². The number of carbonyl (C=O) groups excluding carboxylic acids is 1. The van der Waals surface area contributed by atoms with Gasteiger partial charge in [0.1, 0.15) is 0 Å². The first-order valence-electron chi connectivity index (χ1n) is 8.04. The van der Waals surface area contributed by atoms with Gasteiger partial charge in [-0.15, -0.1) is 0 Å². The molecule has 0 spiro atoms. The van der Waals surface area contributed by atoms with Crippen molar-refractivity contribution in [3.63, 3.8) is 0 Å². The lowest BCUT2D eigenvalue weighted by molar-refractivity contribution is -0.137. The summed E-state index contributed by atoms with van der Waals surface area (Å²) in [5.41, 5.74) is -1.17. The number of nitrogens with one attached hydrogen (secondary N) is 1. The highest BCUT2D eigenvalue weighted by atomic mass is 19.4. The Kier molecular flexibility index (Phi) is 4.81. The van der Waals surface area contributed by atoms with Crippen LogP contribution in [-0.4, -0.2) is 19.1 Å². The number of ether oxygens (including phenoxy) is 1. The van der Waals surface area contributed by atoms with Crippen molar-refractivity contribution >= 4 is 11.6 Å². The molecular weight excluding hydrogens is 331 g/mol. The van der Waals surface area contributed by atoms with Crippen LogP contribution >= 0.6 is 0 Å². The monoisotopic (exact) mass is 349 g/mol. The largest absolute Gasteiger partial charge is 0.418 e. The second-order valence-electron chi connectivity index (χ2n) is 6.06. The average molecular weight is 349 g/mol. The minimum Gasteiger partial charge on any atom is -0.381 e. The molecule has 0 atom stereocenters. The lowest BCUT2D eigenvalue weighted by Gasteiger charge is -2.36. The Hall–Kier alpha value is -2.34. The fourth-order valence-electron chi connectivity index (χ4n) is 3.21. The molecule has 1 saturated heterocycles. The summed E-state index contributed by atoms with van der Waals surface area (Å²) in [5.74, 6) is -0.432.